The van der Waals surface area contributed by atoms with Crippen molar-refractivity contribution in [1.82, 2.24) is 9.62 Å². The molecule has 178 valence electrons. The van der Waals surface area contributed by atoms with E-state index in [2.05, 4.69) is 14.9 Å². The van der Waals surface area contributed by atoms with E-state index in [1.807, 2.05) is 24.3 Å². The Hall–Kier alpha value is -2.75. The Morgan fingerprint density at radius 3 is 2.36 bits per heavy atom. The van der Waals surface area contributed by atoms with E-state index in [1.165, 1.54) is 12.1 Å². The zero-order chi connectivity index (χ0) is 24.0. The van der Waals surface area contributed by atoms with E-state index < -0.39 is 10.0 Å². The highest BCUT2D eigenvalue weighted by molar-refractivity contribution is 7.89. The maximum absolute atomic E-state index is 12.6. The van der Waals surface area contributed by atoms with E-state index in [0.717, 1.165) is 44.5 Å². The Bertz CT molecular complexity index is 1080. The minimum absolute atomic E-state index is 0.00332. The lowest BCUT2D eigenvalue weighted by Crippen LogP contribution is -2.39. The van der Waals surface area contributed by atoms with Crippen LogP contribution in [0.4, 0.5) is 5.69 Å². The minimum Gasteiger partial charge on any atom is -0.369 e. The fourth-order valence-electron chi connectivity index (χ4n) is 3.87. The van der Waals surface area contributed by atoms with E-state index in [9.17, 15) is 18.0 Å². The van der Waals surface area contributed by atoms with Crippen molar-refractivity contribution < 1.29 is 18.0 Å². The van der Waals surface area contributed by atoms with Gasteiger partial charge < -0.3 is 16.0 Å². The molecular formula is C24H32N4O4S. The molecule has 1 aliphatic heterocycles. The molecule has 0 unspecified atom stereocenters. The van der Waals surface area contributed by atoms with Crippen LogP contribution in [0.3, 0.4) is 0 Å². The number of hydrogen-bond acceptors (Lipinski definition) is 5. The second kappa shape index (κ2) is 10.9. The molecule has 1 aliphatic rings. The molecule has 3 rings (SSSR count). The summed E-state index contributed by atoms with van der Waals surface area (Å²) in [6.45, 7) is 6.14. The summed E-state index contributed by atoms with van der Waals surface area (Å²) in [5.74, 6) is -0.578. The molecule has 0 atom stereocenters. The molecule has 1 saturated heterocycles. The average Bonchev–Trinajstić information content (AvgIpc) is 2.78. The van der Waals surface area contributed by atoms with Crippen LogP contribution in [-0.2, 0) is 21.2 Å². The number of nitrogens with two attached hydrogens (primary N) is 1. The molecule has 0 radical (unpaired) electrons. The van der Waals surface area contributed by atoms with Crippen molar-refractivity contribution in [2.75, 3.05) is 25.0 Å². The molecule has 2 aromatic rings. The number of sulfonamides is 1. The Morgan fingerprint density at radius 1 is 1.09 bits per heavy atom. The molecule has 0 bridgehead atoms. The third kappa shape index (κ3) is 7.12. The number of hydrogen-bond donors (Lipinski definition) is 3. The van der Waals surface area contributed by atoms with Crippen LogP contribution < -0.4 is 15.8 Å². The van der Waals surface area contributed by atoms with Gasteiger partial charge in [-0.25, -0.2) is 13.1 Å². The summed E-state index contributed by atoms with van der Waals surface area (Å²) in [6, 6.07) is 13.4. The Balaban J connectivity index is 1.54. The second-order valence-corrected chi connectivity index (χ2v) is 10.4. The summed E-state index contributed by atoms with van der Waals surface area (Å²) >= 11 is 0. The number of carbonyl (C=O) groups is 2. The quantitative estimate of drug-likeness (QED) is 0.517. The summed E-state index contributed by atoms with van der Waals surface area (Å²) in [6.07, 6.45) is 2.50. The fraction of sp³-hybridized carbons (Fsp3) is 0.417. The van der Waals surface area contributed by atoms with Crippen molar-refractivity contribution in [1.29, 1.82) is 0 Å². The maximum Gasteiger partial charge on any atom is 0.255 e. The van der Waals surface area contributed by atoms with E-state index in [0.29, 0.717) is 5.69 Å². The lowest BCUT2D eigenvalue weighted by molar-refractivity contribution is -0.123. The van der Waals surface area contributed by atoms with Gasteiger partial charge in [0.25, 0.3) is 5.91 Å². The maximum atomic E-state index is 12.6. The summed E-state index contributed by atoms with van der Waals surface area (Å²) in [5, 5.41) is 2.82. The highest BCUT2D eigenvalue weighted by Gasteiger charge is 2.22. The molecule has 0 spiro atoms. The predicted molar refractivity (Wildman–Crippen MR) is 128 cm³/mol. The van der Waals surface area contributed by atoms with E-state index >= 15 is 0 Å². The van der Waals surface area contributed by atoms with Gasteiger partial charge in [-0.1, -0.05) is 18.2 Å². The SMILES string of the molecule is CC(C)NS(=O)(=O)c1cccc(C(=O)Nc2ccc(CCN3CCC(C(N)=O)CC3)cc2)c1. The first kappa shape index (κ1) is 24.9. The van der Waals surface area contributed by atoms with Crippen molar-refractivity contribution in [3.8, 4) is 0 Å². The van der Waals surface area contributed by atoms with Crippen LogP contribution in [0.25, 0.3) is 0 Å². The molecule has 0 aromatic heterocycles. The lowest BCUT2D eigenvalue weighted by Gasteiger charge is -2.30. The number of carbonyl (C=O) groups excluding carboxylic acids is 2. The second-order valence-electron chi connectivity index (χ2n) is 8.72. The first-order chi connectivity index (χ1) is 15.6. The standard InChI is InChI=1S/C24H32N4O4S/c1-17(2)27-33(31,32)22-5-3-4-20(16-22)24(30)26-21-8-6-18(7-9-21)10-13-28-14-11-19(12-15-28)23(25)29/h3-9,16-17,19,27H,10-15H2,1-2H3,(H2,25,29)(H,26,30). The van der Waals surface area contributed by atoms with Crippen LogP contribution >= 0.6 is 0 Å². The molecular weight excluding hydrogens is 440 g/mol. The van der Waals surface area contributed by atoms with Crippen molar-refractivity contribution >= 4 is 27.5 Å². The van der Waals surface area contributed by atoms with Gasteiger partial charge in [0.15, 0.2) is 0 Å². The van der Waals surface area contributed by atoms with Gasteiger partial charge in [-0.3, -0.25) is 9.59 Å². The average molecular weight is 473 g/mol. The Kier molecular flexibility index (Phi) is 8.23. The van der Waals surface area contributed by atoms with E-state index in [1.54, 1.807) is 26.0 Å². The zero-order valence-electron chi connectivity index (χ0n) is 19.1. The first-order valence-corrected chi connectivity index (χ1v) is 12.7. The number of nitrogens with one attached hydrogen (secondary N) is 2. The lowest BCUT2D eigenvalue weighted by atomic mass is 9.96. The van der Waals surface area contributed by atoms with Gasteiger partial charge >= 0.3 is 0 Å². The molecule has 0 saturated carbocycles. The molecule has 8 nitrogen and oxygen atoms in total. The first-order valence-electron chi connectivity index (χ1n) is 11.2. The number of anilines is 1. The number of nitrogens with zero attached hydrogens (tertiary/aromatic N) is 1. The number of benzene rings is 2. The van der Waals surface area contributed by atoms with E-state index in [-0.39, 0.29) is 34.2 Å². The summed E-state index contributed by atoms with van der Waals surface area (Å²) in [4.78, 5) is 26.3. The molecule has 2 amide bonds. The molecule has 9 heteroatoms. The fourth-order valence-corrected chi connectivity index (χ4v) is 5.17. The number of piperidine rings is 1. The highest BCUT2D eigenvalue weighted by Crippen LogP contribution is 2.18. The van der Waals surface area contributed by atoms with Gasteiger partial charge in [0, 0.05) is 29.8 Å². The predicted octanol–water partition coefficient (Wildman–Crippen LogP) is 2.37. The Labute approximate surface area is 195 Å². The van der Waals surface area contributed by atoms with Crippen LogP contribution in [0, 0.1) is 5.92 Å². The summed E-state index contributed by atoms with van der Waals surface area (Å²) in [5.41, 5.74) is 7.45. The van der Waals surface area contributed by atoms with Crippen LogP contribution in [0.15, 0.2) is 53.4 Å². The van der Waals surface area contributed by atoms with Gasteiger partial charge in [0.1, 0.15) is 0 Å². The third-order valence-electron chi connectivity index (χ3n) is 5.72. The molecule has 1 fully saturated rings. The normalized spacial score (nSPS) is 15.5. The van der Waals surface area contributed by atoms with Crippen molar-refractivity contribution in [2.24, 2.45) is 11.7 Å². The third-order valence-corrected chi connectivity index (χ3v) is 7.37. The molecule has 4 N–H and O–H groups in total. The molecule has 1 heterocycles. The van der Waals surface area contributed by atoms with Gasteiger partial charge in [0.2, 0.25) is 15.9 Å². The summed E-state index contributed by atoms with van der Waals surface area (Å²) < 4.78 is 27.3. The molecule has 0 aliphatic carbocycles. The topological polar surface area (TPSA) is 122 Å². The number of rotatable bonds is 9. The molecule has 33 heavy (non-hydrogen) atoms. The number of likely N-dealkylation sites (tertiary alicyclic amines) is 1. The Morgan fingerprint density at radius 2 is 1.76 bits per heavy atom. The van der Waals surface area contributed by atoms with Gasteiger partial charge in [0.05, 0.1) is 4.90 Å². The van der Waals surface area contributed by atoms with Crippen LogP contribution in [-0.4, -0.2) is 50.8 Å². The largest absolute Gasteiger partial charge is 0.369 e. The summed E-state index contributed by atoms with van der Waals surface area (Å²) in [7, 11) is -3.67. The van der Waals surface area contributed by atoms with Crippen molar-refractivity contribution in [3.63, 3.8) is 0 Å². The highest BCUT2D eigenvalue weighted by atomic mass is 32.2. The van der Waals surface area contributed by atoms with Crippen molar-refractivity contribution in [3.05, 3.63) is 59.7 Å². The zero-order valence-corrected chi connectivity index (χ0v) is 19.9. The minimum atomic E-state index is -3.67. The van der Waals surface area contributed by atoms with Crippen LogP contribution in [0.1, 0.15) is 42.6 Å². The number of amides is 2. The van der Waals surface area contributed by atoms with Crippen LogP contribution in [0.2, 0.25) is 0 Å². The van der Waals surface area contributed by atoms with Crippen molar-refractivity contribution in [2.45, 2.75) is 44.0 Å². The molecule has 2 aromatic carbocycles. The number of primary amides is 1. The van der Waals surface area contributed by atoms with Gasteiger partial charge in [-0.2, -0.15) is 0 Å². The van der Waals surface area contributed by atoms with Crippen LogP contribution in [0.5, 0.6) is 0 Å². The smallest absolute Gasteiger partial charge is 0.255 e. The van der Waals surface area contributed by atoms with Gasteiger partial charge in [-0.15, -0.1) is 0 Å². The monoisotopic (exact) mass is 472 g/mol. The van der Waals surface area contributed by atoms with Gasteiger partial charge in [-0.05, 0) is 82.1 Å². The van der Waals surface area contributed by atoms with E-state index in [4.69, 9.17) is 5.73 Å².